The molecule has 0 aliphatic heterocycles. The molecule has 3 rings (SSSR count). The van der Waals surface area contributed by atoms with Gasteiger partial charge in [0.2, 0.25) is 5.91 Å². The molecule has 1 aromatic carbocycles. The first-order valence-electron chi connectivity index (χ1n) is 6.04. The van der Waals surface area contributed by atoms with Gasteiger partial charge in [-0.05, 0) is 18.9 Å². The van der Waals surface area contributed by atoms with Crippen molar-refractivity contribution in [3.63, 3.8) is 0 Å². The molecule has 1 fully saturated rings. The Kier molecular flexibility index (Phi) is 2.92. The van der Waals surface area contributed by atoms with Gasteiger partial charge in [-0.2, -0.15) is 0 Å². The number of nitrogens with one attached hydrogen (secondary N) is 1. The van der Waals surface area contributed by atoms with Crippen LogP contribution in [0.1, 0.15) is 23.8 Å². The highest BCUT2D eigenvalue weighted by Crippen LogP contribution is 2.28. The van der Waals surface area contributed by atoms with Crippen molar-refractivity contribution in [2.75, 3.05) is 0 Å². The van der Waals surface area contributed by atoms with Gasteiger partial charge in [0.1, 0.15) is 5.38 Å². The lowest BCUT2D eigenvalue weighted by Gasteiger charge is -2.12. The molecular weight excluding hydrogens is 248 g/mol. The van der Waals surface area contributed by atoms with Gasteiger partial charge in [-0.15, -0.1) is 11.6 Å². The summed E-state index contributed by atoms with van der Waals surface area (Å²) in [4.78, 5) is 16.3. The lowest BCUT2D eigenvalue weighted by molar-refractivity contribution is -0.120. The average Bonchev–Trinajstić information content (AvgIpc) is 3.21. The maximum Gasteiger partial charge on any atom is 0.242 e. The predicted molar refractivity (Wildman–Crippen MR) is 71.5 cm³/mol. The number of aromatic nitrogens is 1. The largest absolute Gasteiger partial charge is 0.352 e. The minimum absolute atomic E-state index is 0.127. The number of benzene rings is 1. The van der Waals surface area contributed by atoms with Crippen LogP contribution in [0.3, 0.4) is 0 Å². The summed E-state index contributed by atoms with van der Waals surface area (Å²) in [7, 11) is 0. The van der Waals surface area contributed by atoms with E-state index < -0.39 is 5.38 Å². The minimum atomic E-state index is -0.677. The van der Waals surface area contributed by atoms with Gasteiger partial charge in [0.15, 0.2) is 0 Å². The number of carbonyl (C=O) groups excluding carboxylic acids is 1. The van der Waals surface area contributed by atoms with Crippen LogP contribution in [-0.4, -0.2) is 16.9 Å². The van der Waals surface area contributed by atoms with Crippen molar-refractivity contribution < 1.29 is 4.79 Å². The highest BCUT2D eigenvalue weighted by molar-refractivity contribution is 6.31. The SMILES string of the molecule is O=C(NC1CC1)C(Cl)c1cccc2cccnc12. The highest BCUT2D eigenvalue weighted by atomic mass is 35.5. The first kappa shape index (κ1) is 11.5. The fourth-order valence-electron chi connectivity index (χ4n) is 1.98. The molecule has 1 atom stereocenters. The zero-order valence-electron chi connectivity index (χ0n) is 9.77. The van der Waals surface area contributed by atoms with E-state index in [9.17, 15) is 4.79 Å². The zero-order valence-corrected chi connectivity index (χ0v) is 10.5. The Morgan fingerprint density at radius 1 is 1.33 bits per heavy atom. The Bertz CT molecular complexity index is 590. The monoisotopic (exact) mass is 260 g/mol. The van der Waals surface area contributed by atoms with Gasteiger partial charge in [0.05, 0.1) is 5.52 Å². The highest BCUT2D eigenvalue weighted by Gasteiger charge is 2.28. The Labute approximate surface area is 110 Å². The number of nitrogens with zero attached hydrogens (tertiary/aromatic N) is 1. The van der Waals surface area contributed by atoms with E-state index in [4.69, 9.17) is 11.6 Å². The average molecular weight is 261 g/mol. The molecule has 0 spiro atoms. The van der Waals surface area contributed by atoms with Gasteiger partial charge in [0, 0.05) is 23.2 Å². The Balaban J connectivity index is 1.94. The van der Waals surface area contributed by atoms with Crippen LogP contribution in [0.15, 0.2) is 36.5 Å². The maximum absolute atomic E-state index is 12.0. The first-order chi connectivity index (χ1) is 8.75. The molecular formula is C14H13ClN2O. The third kappa shape index (κ3) is 2.18. The fourth-order valence-corrected chi connectivity index (χ4v) is 2.21. The molecule has 1 amide bonds. The van der Waals surface area contributed by atoms with Crippen molar-refractivity contribution in [2.45, 2.75) is 24.3 Å². The third-order valence-corrected chi connectivity index (χ3v) is 3.52. The number of hydrogen-bond acceptors (Lipinski definition) is 2. The van der Waals surface area contributed by atoms with E-state index >= 15 is 0 Å². The molecule has 4 heteroatoms. The molecule has 1 heterocycles. The van der Waals surface area contributed by atoms with Gasteiger partial charge >= 0.3 is 0 Å². The van der Waals surface area contributed by atoms with Crippen molar-refractivity contribution in [1.82, 2.24) is 10.3 Å². The predicted octanol–water partition coefficient (Wildman–Crippen LogP) is 2.79. The molecule has 1 saturated carbocycles. The first-order valence-corrected chi connectivity index (χ1v) is 6.47. The molecule has 1 unspecified atom stereocenters. The molecule has 1 N–H and O–H groups in total. The van der Waals surface area contributed by atoms with Crippen molar-refractivity contribution in [1.29, 1.82) is 0 Å². The number of hydrogen-bond donors (Lipinski definition) is 1. The molecule has 0 saturated heterocycles. The van der Waals surface area contributed by atoms with Gasteiger partial charge < -0.3 is 5.32 Å². The van der Waals surface area contributed by atoms with Crippen molar-refractivity contribution in [3.8, 4) is 0 Å². The van der Waals surface area contributed by atoms with Crippen molar-refractivity contribution in [3.05, 3.63) is 42.1 Å². The van der Waals surface area contributed by atoms with Crippen LogP contribution in [0.4, 0.5) is 0 Å². The zero-order chi connectivity index (χ0) is 12.5. The molecule has 0 radical (unpaired) electrons. The Morgan fingerprint density at radius 2 is 2.11 bits per heavy atom. The molecule has 3 nitrogen and oxygen atoms in total. The second-order valence-corrected chi connectivity index (χ2v) is 5.00. The number of para-hydroxylation sites is 1. The lowest BCUT2D eigenvalue weighted by atomic mass is 10.1. The van der Waals surface area contributed by atoms with Gasteiger partial charge in [0.25, 0.3) is 0 Å². The van der Waals surface area contributed by atoms with Crippen LogP contribution in [0.2, 0.25) is 0 Å². The standard InChI is InChI=1S/C14H13ClN2O/c15-12(14(18)17-10-6-7-10)11-5-1-3-9-4-2-8-16-13(9)11/h1-5,8,10,12H,6-7H2,(H,17,18). The second kappa shape index (κ2) is 4.58. The number of amides is 1. The summed E-state index contributed by atoms with van der Waals surface area (Å²) in [5.74, 6) is -0.127. The quantitative estimate of drug-likeness (QED) is 0.863. The number of rotatable bonds is 3. The molecule has 2 aromatic rings. The minimum Gasteiger partial charge on any atom is -0.352 e. The van der Waals surface area contributed by atoms with E-state index in [1.165, 1.54) is 0 Å². The summed E-state index contributed by atoms with van der Waals surface area (Å²) < 4.78 is 0. The van der Waals surface area contributed by atoms with Crippen LogP contribution < -0.4 is 5.32 Å². The summed E-state index contributed by atoms with van der Waals surface area (Å²) in [5.41, 5.74) is 1.57. The molecule has 1 aliphatic carbocycles. The van der Waals surface area contributed by atoms with E-state index in [0.717, 1.165) is 29.3 Å². The summed E-state index contributed by atoms with van der Waals surface area (Å²) in [5, 5.41) is 3.24. The van der Waals surface area contributed by atoms with Gasteiger partial charge in [-0.3, -0.25) is 9.78 Å². The van der Waals surface area contributed by atoms with Gasteiger partial charge in [-0.25, -0.2) is 0 Å². The van der Waals surface area contributed by atoms with E-state index in [-0.39, 0.29) is 5.91 Å². The topological polar surface area (TPSA) is 42.0 Å². The molecule has 1 aromatic heterocycles. The Morgan fingerprint density at radius 3 is 2.89 bits per heavy atom. The fraction of sp³-hybridized carbons (Fsp3) is 0.286. The van der Waals surface area contributed by atoms with E-state index in [1.807, 2.05) is 30.3 Å². The van der Waals surface area contributed by atoms with Gasteiger partial charge in [-0.1, -0.05) is 24.3 Å². The van der Waals surface area contributed by atoms with Crippen LogP contribution in [0.5, 0.6) is 0 Å². The summed E-state index contributed by atoms with van der Waals surface area (Å²) in [6.45, 7) is 0. The second-order valence-electron chi connectivity index (χ2n) is 4.57. The molecule has 0 bridgehead atoms. The van der Waals surface area contributed by atoms with E-state index in [1.54, 1.807) is 6.20 Å². The maximum atomic E-state index is 12.0. The molecule has 92 valence electrons. The summed E-state index contributed by atoms with van der Waals surface area (Å²) in [6.07, 6.45) is 3.83. The van der Waals surface area contributed by atoms with Crippen LogP contribution in [-0.2, 0) is 4.79 Å². The van der Waals surface area contributed by atoms with Crippen molar-refractivity contribution >= 4 is 28.4 Å². The summed E-state index contributed by atoms with van der Waals surface area (Å²) in [6, 6.07) is 9.89. The molecule has 1 aliphatic rings. The van der Waals surface area contributed by atoms with Crippen LogP contribution in [0, 0.1) is 0 Å². The summed E-state index contributed by atoms with van der Waals surface area (Å²) >= 11 is 6.26. The third-order valence-electron chi connectivity index (χ3n) is 3.09. The lowest BCUT2D eigenvalue weighted by Crippen LogP contribution is -2.28. The van der Waals surface area contributed by atoms with E-state index in [0.29, 0.717) is 6.04 Å². The van der Waals surface area contributed by atoms with Crippen molar-refractivity contribution in [2.24, 2.45) is 0 Å². The van der Waals surface area contributed by atoms with E-state index in [2.05, 4.69) is 10.3 Å². The number of carbonyl (C=O) groups is 1. The number of alkyl halides is 1. The number of fused-ring (bicyclic) bond motifs is 1. The van der Waals surface area contributed by atoms with Crippen LogP contribution >= 0.6 is 11.6 Å². The number of halogens is 1. The number of pyridine rings is 1. The molecule has 18 heavy (non-hydrogen) atoms. The normalized spacial score (nSPS) is 16.5. The smallest absolute Gasteiger partial charge is 0.242 e. The Hall–Kier alpha value is -1.61. The van der Waals surface area contributed by atoms with Crippen LogP contribution in [0.25, 0.3) is 10.9 Å².